The highest BCUT2D eigenvalue weighted by molar-refractivity contribution is 5.32. The summed E-state index contributed by atoms with van der Waals surface area (Å²) in [4.78, 5) is 0. The van der Waals surface area contributed by atoms with Crippen molar-refractivity contribution in [3.8, 4) is 5.75 Å². The molecule has 112 valence electrons. The lowest BCUT2D eigenvalue weighted by atomic mass is 10.1. The van der Waals surface area contributed by atoms with Gasteiger partial charge in [-0.15, -0.1) is 0 Å². The van der Waals surface area contributed by atoms with Crippen molar-refractivity contribution in [3.63, 3.8) is 0 Å². The maximum Gasteiger partial charge on any atom is 0.119 e. The molecule has 0 spiro atoms. The molecule has 0 fully saturated rings. The molecule has 21 heavy (non-hydrogen) atoms. The molecule has 0 amide bonds. The molecular formula is C18H23NO2. The Morgan fingerprint density at radius 2 is 1.71 bits per heavy atom. The fourth-order valence-corrected chi connectivity index (χ4v) is 2.18. The van der Waals surface area contributed by atoms with Crippen molar-refractivity contribution in [2.24, 2.45) is 5.73 Å². The van der Waals surface area contributed by atoms with Crippen LogP contribution in [0.25, 0.3) is 0 Å². The van der Waals surface area contributed by atoms with Gasteiger partial charge in [0, 0.05) is 13.7 Å². The van der Waals surface area contributed by atoms with Gasteiger partial charge in [-0.2, -0.15) is 0 Å². The van der Waals surface area contributed by atoms with Gasteiger partial charge in [-0.3, -0.25) is 0 Å². The summed E-state index contributed by atoms with van der Waals surface area (Å²) in [5.41, 5.74) is 10.5. The van der Waals surface area contributed by atoms with E-state index in [9.17, 15) is 0 Å². The van der Waals surface area contributed by atoms with E-state index in [0.29, 0.717) is 13.2 Å². The maximum absolute atomic E-state index is 5.84. The van der Waals surface area contributed by atoms with Crippen molar-refractivity contribution < 1.29 is 9.47 Å². The van der Waals surface area contributed by atoms with Gasteiger partial charge < -0.3 is 15.2 Å². The summed E-state index contributed by atoms with van der Waals surface area (Å²) in [5.74, 6) is 0.887. The number of benzene rings is 2. The van der Waals surface area contributed by atoms with Crippen LogP contribution in [0, 0.1) is 6.92 Å². The first-order valence-electron chi connectivity index (χ1n) is 7.22. The van der Waals surface area contributed by atoms with Crippen LogP contribution in [-0.2, 0) is 24.3 Å². The van der Waals surface area contributed by atoms with Crippen molar-refractivity contribution in [1.29, 1.82) is 0 Å². The molecule has 0 atom stereocenters. The zero-order chi connectivity index (χ0) is 15.1. The van der Waals surface area contributed by atoms with E-state index in [-0.39, 0.29) is 0 Å². The molecule has 2 aromatic carbocycles. The predicted molar refractivity (Wildman–Crippen MR) is 85.4 cm³/mol. The molecule has 0 aromatic heterocycles. The first kappa shape index (κ1) is 15.5. The minimum absolute atomic E-state index is 0.574. The van der Waals surface area contributed by atoms with E-state index in [2.05, 4.69) is 37.3 Å². The second kappa shape index (κ2) is 7.81. The third kappa shape index (κ3) is 4.59. The third-order valence-electron chi connectivity index (χ3n) is 3.56. The molecule has 0 saturated carbocycles. The molecule has 2 rings (SSSR count). The van der Waals surface area contributed by atoms with Crippen LogP contribution < -0.4 is 10.5 Å². The van der Waals surface area contributed by atoms with Crippen LogP contribution in [0.4, 0.5) is 0 Å². The van der Waals surface area contributed by atoms with Gasteiger partial charge in [-0.25, -0.2) is 0 Å². The Hall–Kier alpha value is -1.84. The van der Waals surface area contributed by atoms with Crippen molar-refractivity contribution >= 4 is 0 Å². The topological polar surface area (TPSA) is 44.5 Å². The molecule has 2 aromatic rings. The zero-order valence-corrected chi connectivity index (χ0v) is 12.8. The molecular weight excluding hydrogens is 262 g/mol. The highest BCUT2D eigenvalue weighted by atomic mass is 16.5. The van der Waals surface area contributed by atoms with Gasteiger partial charge in [-0.1, -0.05) is 30.3 Å². The number of ether oxygens (including phenoxy) is 2. The van der Waals surface area contributed by atoms with Gasteiger partial charge in [0.25, 0.3) is 0 Å². The van der Waals surface area contributed by atoms with E-state index in [1.54, 1.807) is 7.11 Å². The number of aryl methyl sites for hydroxylation is 1. The van der Waals surface area contributed by atoms with Crippen LogP contribution in [0.3, 0.4) is 0 Å². The molecule has 0 unspecified atom stereocenters. The van der Waals surface area contributed by atoms with E-state index in [4.69, 9.17) is 15.2 Å². The van der Waals surface area contributed by atoms with Gasteiger partial charge in [0.15, 0.2) is 0 Å². The summed E-state index contributed by atoms with van der Waals surface area (Å²) >= 11 is 0. The molecule has 0 saturated heterocycles. The molecule has 0 bridgehead atoms. The quantitative estimate of drug-likeness (QED) is 0.849. The molecule has 0 aliphatic carbocycles. The first-order chi connectivity index (χ1) is 10.2. The van der Waals surface area contributed by atoms with E-state index < -0.39 is 0 Å². The lowest BCUT2D eigenvalue weighted by Crippen LogP contribution is -2.01. The highest BCUT2D eigenvalue weighted by Crippen LogP contribution is 2.17. The van der Waals surface area contributed by atoms with Crippen LogP contribution in [0.1, 0.15) is 22.3 Å². The van der Waals surface area contributed by atoms with Gasteiger partial charge in [0.2, 0.25) is 0 Å². The number of nitrogens with two attached hydrogens (primary N) is 1. The minimum Gasteiger partial charge on any atom is -0.489 e. The van der Waals surface area contributed by atoms with E-state index in [1.807, 2.05) is 12.1 Å². The van der Waals surface area contributed by atoms with Crippen LogP contribution in [-0.4, -0.2) is 13.7 Å². The summed E-state index contributed by atoms with van der Waals surface area (Å²) in [6.07, 6.45) is 0.927. The number of hydrogen-bond acceptors (Lipinski definition) is 3. The van der Waals surface area contributed by atoms with Gasteiger partial charge in [0.05, 0.1) is 6.61 Å². The smallest absolute Gasteiger partial charge is 0.119 e. The Labute approximate surface area is 126 Å². The summed E-state index contributed by atoms with van der Waals surface area (Å²) in [6.45, 7) is 3.98. The van der Waals surface area contributed by atoms with Crippen molar-refractivity contribution in [2.45, 2.75) is 26.5 Å². The van der Waals surface area contributed by atoms with Crippen LogP contribution in [0.15, 0.2) is 42.5 Å². The van der Waals surface area contributed by atoms with Crippen LogP contribution >= 0.6 is 0 Å². The van der Waals surface area contributed by atoms with E-state index in [1.165, 1.54) is 16.7 Å². The second-order valence-corrected chi connectivity index (χ2v) is 5.14. The summed E-state index contributed by atoms with van der Waals surface area (Å²) in [6, 6.07) is 14.4. The van der Waals surface area contributed by atoms with E-state index >= 15 is 0 Å². The molecule has 0 heterocycles. The average molecular weight is 285 g/mol. The summed E-state index contributed by atoms with van der Waals surface area (Å²) in [5, 5.41) is 0. The molecule has 0 aliphatic heterocycles. The normalized spacial score (nSPS) is 10.6. The monoisotopic (exact) mass is 285 g/mol. The van der Waals surface area contributed by atoms with Gasteiger partial charge >= 0.3 is 0 Å². The molecule has 2 N–H and O–H groups in total. The largest absolute Gasteiger partial charge is 0.489 e. The fraction of sp³-hybridized carbons (Fsp3) is 0.333. The lowest BCUT2D eigenvalue weighted by molar-refractivity contribution is 0.202. The summed E-state index contributed by atoms with van der Waals surface area (Å²) < 4.78 is 10.9. The molecule has 3 nitrogen and oxygen atoms in total. The Balaban J connectivity index is 1.93. The SMILES string of the molecule is COCCc1ccc(OCc2ccc(CN)cc2C)cc1. The Morgan fingerprint density at radius 3 is 2.33 bits per heavy atom. The zero-order valence-electron chi connectivity index (χ0n) is 12.8. The summed E-state index contributed by atoms with van der Waals surface area (Å²) in [7, 11) is 1.72. The molecule has 3 heteroatoms. The van der Waals surface area contributed by atoms with Crippen molar-refractivity contribution in [3.05, 3.63) is 64.7 Å². The number of methoxy groups -OCH3 is 1. The second-order valence-electron chi connectivity index (χ2n) is 5.14. The fourth-order valence-electron chi connectivity index (χ4n) is 2.18. The van der Waals surface area contributed by atoms with Crippen molar-refractivity contribution in [1.82, 2.24) is 0 Å². The first-order valence-corrected chi connectivity index (χ1v) is 7.22. The molecule has 0 radical (unpaired) electrons. The Morgan fingerprint density at radius 1 is 1.00 bits per heavy atom. The Kier molecular flexibility index (Phi) is 5.78. The van der Waals surface area contributed by atoms with E-state index in [0.717, 1.165) is 24.3 Å². The predicted octanol–water partition coefficient (Wildman–Crippen LogP) is 3.22. The third-order valence-corrected chi connectivity index (χ3v) is 3.56. The maximum atomic E-state index is 5.84. The number of hydrogen-bond donors (Lipinski definition) is 1. The highest BCUT2D eigenvalue weighted by Gasteiger charge is 2.02. The minimum atomic E-state index is 0.574. The Bertz CT molecular complexity index is 564. The van der Waals surface area contributed by atoms with Crippen molar-refractivity contribution in [2.75, 3.05) is 13.7 Å². The van der Waals surface area contributed by atoms with Gasteiger partial charge in [-0.05, 0) is 47.7 Å². The number of rotatable bonds is 7. The molecule has 0 aliphatic rings. The van der Waals surface area contributed by atoms with Gasteiger partial charge in [0.1, 0.15) is 12.4 Å². The van der Waals surface area contributed by atoms with Crippen LogP contribution in [0.5, 0.6) is 5.75 Å². The standard InChI is InChI=1S/C18H23NO2/c1-14-11-16(12-19)3-6-17(14)13-21-18-7-4-15(5-8-18)9-10-20-2/h3-8,11H,9-10,12-13,19H2,1-2H3. The average Bonchev–Trinajstić information content (AvgIpc) is 2.52. The van der Waals surface area contributed by atoms with Crippen LogP contribution in [0.2, 0.25) is 0 Å². The lowest BCUT2D eigenvalue weighted by Gasteiger charge is -2.10.